The summed E-state index contributed by atoms with van der Waals surface area (Å²) in [5, 5.41) is 10.7. The average molecular weight is 1010 g/mol. The van der Waals surface area contributed by atoms with Gasteiger partial charge in [-0.15, -0.1) is 23.5 Å². The van der Waals surface area contributed by atoms with E-state index in [1.165, 1.54) is 65.5 Å². The molecule has 11 nitrogen and oxygen atoms in total. The van der Waals surface area contributed by atoms with Gasteiger partial charge in [0.1, 0.15) is 11.2 Å². The highest BCUT2D eigenvalue weighted by Crippen LogP contribution is 2.42. The molecule has 0 bridgehead atoms. The van der Waals surface area contributed by atoms with E-state index in [1.54, 1.807) is 30.4 Å². The van der Waals surface area contributed by atoms with Crippen LogP contribution in [0.5, 0.6) is 0 Å². The summed E-state index contributed by atoms with van der Waals surface area (Å²) in [6.45, 7) is 17.3. The number of likely N-dealkylation sites (tertiary alicyclic amines) is 1. The molecule has 0 radical (unpaired) electrons. The molecule has 4 aliphatic rings. The Bertz CT molecular complexity index is 2590. The zero-order chi connectivity index (χ0) is 49.3. The Balaban J connectivity index is 0.000000205. The Morgan fingerprint density at radius 1 is 0.638 bits per heavy atom. The maximum absolute atomic E-state index is 12.0. The molecule has 8 rings (SSSR count). The fourth-order valence-corrected chi connectivity index (χ4v) is 11.5. The number of alkyl carbamates (subject to hydrolysis) is 2. The number of carbonyl (C=O) groups is 3. The van der Waals surface area contributed by atoms with Crippen molar-refractivity contribution in [3.63, 3.8) is 0 Å². The minimum atomic E-state index is -0.512. The maximum Gasteiger partial charge on any atom is 0.407 e. The standard InChI is InChI=1S/C28H34ClN3O3S.C26H32ClN3O2S/c1-18(33)32-14-10-19(11-15-32)25-22-8-6-21(29)17-20(22)5-7-23-24(9-12-30-26(23)25)36-16-13-31-27(34)35-28(2,3)4;1-26(2,3)32-25(31)30-14-15-33-22-10-13-29-24-21(22)6-4-18-16-19(27)5-7-20(18)23(24)17-8-11-28-12-9-17/h6,8-9,12,17H,5,7,10-11,13-16H2,1-4H3,(H,31,34);5,7,10,13,16,28H,4,6,8-9,11-12,14-15H2,1-3H3,(H,30,31). The fraction of sp³-hybridized carbons (Fsp3) is 0.463. The fourth-order valence-electron chi connectivity index (χ4n) is 9.23. The van der Waals surface area contributed by atoms with Crippen LogP contribution in [0.15, 0.2) is 81.9 Å². The lowest BCUT2D eigenvalue weighted by Crippen LogP contribution is -2.34. The molecule has 2 saturated heterocycles. The summed E-state index contributed by atoms with van der Waals surface area (Å²) in [7, 11) is 0. The van der Waals surface area contributed by atoms with Gasteiger partial charge in [0.15, 0.2) is 0 Å². The molecular weight excluding hydrogens is 948 g/mol. The maximum atomic E-state index is 12.0. The molecule has 4 aromatic rings. The number of benzene rings is 2. The van der Waals surface area contributed by atoms with E-state index in [4.69, 9.17) is 42.6 Å². The van der Waals surface area contributed by atoms with Gasteiger partial charge in [0, 0.05) is 88.0 Å². The highest BCUT2D eigenvalue weighted by atomic mass is 35.5. The Hall–Kier alpha value is -4.53. The van der Waals surface area contributed by atoms with Crippen molar-refractivity contribution in [2.24, 2.45) is 0 Å². The quantitative estimate of drug-likeness (QED) is 0.116. The van der Waals surface area contributed by atoms with Crippen molar-refractivity contribution in [1.29, 1.82) is 0 Å². The van der Waals surface area contributed by atoms with Gasteiger partial charge in [-0.2, -0.15) is 0 Å². The summed E-state index contributed by atoms with van der Waals surface area (Å²) in [6.07, 6.45) is 10.4. The van der Waals surface area contributed by atoms with Crippen molar-refractivity contribution >= 4 is 76.0 Å². The SMILES string of the molecule is CC(=O)N1CCC(=C2c3ccc(Cl)cc3CCc3c(SCCNC(=O)OC(C)(C)C)ccnc32)CC1.CC(C)(C)OC(=O)NCCSc1ccnc2c1CCc1cc(Cl)ccc1C2=C1CCNCC1. The van der Waals surface area contributed by atoms with Crippen molar-refractivity contribution in [3.8, 4) is 0 Å². The summed E-state index contributed by atoms with van der Waals surface area (Å²) < 4.78 is 10.7. The van der Waals surface area contributed by atoms with Crippen molar-refractivity contribution in [3.05, 3.63) is 127 Å². The number of hydrogen-bond acceptors (Lipinski definition) is 10. The second-order valence-corrected chi connectivity index (χ2v) is 22.8. The summed E-state index contributed by atoms with van der Waals surface area (Å²) in [6, 6.07) is 16.6. The minimum Gasteiger partial charge on any atom is -0.444 e. The number of halogens is 2. The Kier molecular flexibility index (Phi) is 17.9. The summed E-state index contributed by atoms with van der Waals surface area (Å²) >= 11 is 16.2. The molecule has 69 heavy (non-hydrogen) atoms. The Labute approximate surface area is 426 Å². The number of amides is 3. The molecule has 2 fully saturated rings. The number of aromatic nitrogens is 2. The lowest BCUT2D eigenvalue weighted by molar-refractivity contribution is -0.129. The van der Waals surface area contributed by atoms with Crippen molar-refractivity contribution in [1.82, 2.24) is 30.8 Å². The van der Waals surface area contributed by atoms with Crippen LogP contribution in [0.25, 0.3) is 11.1 Å². The molecule has 2 aromatic carbocycles. The number of piperidine rings is 2. The third kappa shape index (κ3) is 14.3. The largest absolute Gasteiger partial charge is 0.444 e. The van der Waals surface area contributed by atoms with E-state index >= 15 is 0 Å². The predicted molar refractivity (Wildman–Crippen MR) is 282 cm³/mol. The number of aryl methyl sites for hydroxylation is 2. The molecule has 368 valence electrons. The summed E-state index contributed by atoms with van der Waals surface area (Å²) in [5.74, 6) is 1.63. The van der Waals surface area contributed by atoms with Crippen LogP contribution < -0.4 is 16.0 Å². The van der Waals surface area contributed by atoms with Crippen LogP contribution in [-0.4, -0.2) is 94.9 Å². The number of fused-ring (bicyclic) bond motifs is 4. The third-order valence-electron chi connectivity index (χ3n) is 12.2. The Morgan fingerprint density at radius 2 is 1.07 bits per heavy atom. The second-order valence-electron chi connectivity index (χ2n) is 19.6. The highest BCUT2D eigenvalue weighted by Gasteiger charge is 2.29. The van der Waals surface area contributed by atoms with Gasteiger partial charge in [-0.3, -0.25) is 14.8 Å². The van der Waals surface area contributed by atoms with Crippen LogP contribution in [-0.2, 0) is 40.0 Å². The van der Waals surface area contributed by atoms with E-state index in [0.717, 1.165) is 110 Å². The number of thioether (sulfide) groups is 2. The van der Waals surface area contributed by atoms with Gasteiger partial charge in [0.05, 0.1) is 11.4 Å². The summed E-state index contributed by atoms with van der Waals surface area (Å²) in [5.41, 5.74) is 14.0. The number of pyridine rings is 2. The van der Waals surface area contributed by atoms with Gasteiger partial charge in [0.25, 0.3) is 0 Å². The van der Waals surface area contributed by atoms with Gasteiger partial charge in [-0.05, 0) is 176 Å². The number of hydrogen-bond donors (Lipinski definition) is 3. The van der Waals surface area contributed by atoms with Crippen LogP contribution in [0.1, 0.15) is 119 Å². The van der Waals surface area contributed by atoms with Crippen LogP contribution in [0.3, 0.4) is 0 Å². The predicted octanol–water partition coefficient (Wildman–Crippen LogP) is 11.5. The van der Waals surface area contributed by atoms with Gasteiger partial charge in [-0.25, -0.2) is 9.59 Å². The second kappa shape index (κ2) is 23.6. The zero-order valence-electron chi connectivity index (χ0n) is 41.0. The smallest absolute Gasteiger partial charge is 0.407 e. The number of carbonyl (C=O) groups excluding carboxylic acids is 3. The molecule has 15 heteroatoms. The van der Waals surface area contributed by atoms with Crippen LogP contribution in [0.2, 0.25) is 10.0 Å². The van der Waals surface area contributed by atoms with Crippen LogP contribution >= 0.6 is 46.7 Å². The number of ether oxygens (including phenoxy) is 2. The topological polar surface area (TPSA) is 135 Å². The van der Waals surface area contributed by atoms with Crippen molar-refractivity contribution < 1.29 is 23.9 Å². The zero-order valence-corrected chi connectivity index (χ0v) is 44.2. The Morgan fingerprint density at radius 3 is 1.49 bits per heavy atom. The first-order chi connectivity index (χ1) is 32.9. The molecule has 0 unspecified atom stereocenters. The van der Waals surface area contributed by atoms with Gasteiger partial charge >= 0.3 is 12.2 Å². The molecule has 2 aliphatic carbocycles. The van der Waals surface area contributed by atoms with Gasteiger partial charge in [-0.1, -0.05) is 46.5 Å². The first kappa shape index (κ1) is 52.3. The van der Waals surface area contributed by atoms with E-state index in [1.807, 2.05) is 71.0 Å². The van der Waals surface area contributed by atoms with Gasteiger partial charge in [0.2, 0.25) is 5.91 Å². The van der Waals surface area contributed by atoms with E-state index in [-0.39, 0.29) is 12.0 Å². The molecule has 0 atom stereocenters. The van der Waals surface area contributed by atoms with Crippen molar-refractivity contribution in [2.45, 2.75) is 121 Å². The number of rotatable bonds is 8. The molecule has 0 saturated carbocycles. The molecule has 3 amide bonds. The summed E-state index contributed by atoms with van der Waals surface area (Å²) in [4.78, 5) is 50.0. The monoisotopic (exact) mass is 1010 g/mol. The molecule has 2 aromatic heterocycles. The number of nitrogens with zero attached hydrogens (tertiary/aromatic N) is 3. The van der Waals surface area contributed by atoms with Crippen LogP contribution in [0, 0.1) is 0 Å². The van der Waals surface area contributed by atoms with E-state index in [9.17, 15) is 14.4 Å². The highest BCUT2D eigenvalue weighted by molar-refractivity contribution is 7.99. The first-order valence-electron chi connectivity index (χ1n) is 24.1. The minimum absolute atomic E-state index is 0.129. The number of nitrogens with one attached hydrogen (secondary N) is 3. The third-order valence-corrected chi connectivity index (χ3v) is 14.9. The van der Waals surface area contributed by atoms with Crippen LogP contribution in [0.4, 0.5) is 9.59 Å². The van der Waals surface area contributed by atoms with E-state index in [2.05, 4.69) is 52.3 Å². The first-order valence-corrected chi connectivity index (χ1v) is 26.8. The van der Waals surface area contributed by atoms with E-state index in [0.29, 0.717) is 13.1 Å². The molecule has 4 heterocycles. The van der Waals surface area contributed by atoms with Gasteiger partial charge < -0.3 is 30.3 Å². The molecule has 0 spiro atoms. The van der Waals surface area contributed by atoms with E-state index < -0.39 is 17.3 Å². The molecule has 2 aliphatic heterocycles. The molecular formula is C54H66Cl2N6O5S2. The lowest BCUT2D eigenvalue weighted by atomic mass is 9.88. The van der Waals surface area contributed by atoms with Crippen molar-refractivity contribution in [2.75, 3.05) is 50.8 Å². The molecule has 3 N–H and O–H groups in total. The average Bonchev–Trinajstić information content (AvgIpc) is 3.57. The lowest BCUT2D eigenvalue weighted by Gasteiger charge is -2.29. The normalized spacial score (nSPS) is 15.8.